The van der Waals surface area contributed by atoms with Gasteiger partial charge in [-0.25, -0.2) is 0 Å². The van der Waals surface area contributed by atoms with Crippen LogP contribution in [0.1, 0.15) is 21.9 Å². The molecule has 0 spiro atoms. The van der Waals surface area contributed by atoms with Gasteiger partial charge in [0.15, 0.2) is 5.76 Å². The van der Waals surface area contributed by atoms with Gasteiger partial charge in [-0.3, -0.25) is 14.9 Å². The molecule has 5 heteroatoms. The molecule has 1 heterocycles. The van der Waals surface area contributed by atoms with Crippen molar-refractivity contribution in [1.29, 1.82) is 0 Å². The summed E-state index contributed by atoms with van der Waals surface area (Å²) < 4.78 is 5.19. The highest BCUT2D eigenvalue weighted by molar-refractivity contribution is 6.04. The summed E-state index contributed by atoms with van der Waals surface area (Å²) in [6, 6.07) is 9.26. The third-order valence-corrected chi connectivity index (χ3v) is 2.51. The minimum Gasteiger partial charge on any atom is -0.458 e. The van der Waals surface area contributed by atoms with Crippen LogP contribution in [0.4, 0.5) is 5.69 Å². The zero-order valence-electron chi connectivity index (χ0n) is 10.2. The summed E-state index contributed by atoms with van der Waals surface area (Å²) in [7, 11) is 0. The number of benzene rings is 1. The first kappa shape index (κ1) is 12.8. The summed E-state index contributed by atoms with van der Waals surface area (Å²) >= 11 is 0. The molecule has 96 valence electrons. The van der Waals surface area contributed by atoms with Crippen molar-refractivity contribution in [1.82, 2.24) is 0 Å². The first-order valence-electron chi connectivity index (χ1n) is 5.59. The lowest BCUT2D eigenvalue weighted by Crippen LogP contribution is -1.90. The van der Waals surface area contributed by atoms with E-state index in [1.165, 1.54) is 18.2 Å². The van der Waals surface area contributed by atoms with Gasteiger partial charge in [-0.15, -0.1) is 0 Å². The van der Waals surface area contributed by atoms with Crippen LogP contribution in [-0.4, -0.2) is 10.7 Å². The van der Waals surface area contributed by atoms with Crippen LogP contribution < -0.4 is 0 Å². The number of hydrogen-bond donors (Lipinski definition) is 0. The molecule has 1 aromatic carbocycles. The number of carbonyl (C=O) groups excluding carboxylic acids is 1. The van der Waals surface area contributed by atoms with Crippen molar-refractivity contribution in [3.05, 3.63) is 69.7 Å². The minimum atomic E-state index is -0.468. The quantitative estimate of drug-likeness (QED) is 0.364. The van der Waals surface area contributed by atoms with Crippen LogP contribution in [0.5, 0.6) is 0 Å². The van der Waals surface area contributed by atoms with Crippen molar-refractivity contribution in [2.45, 2.75) is 6.92 Å². The van der Waals surface area contributed by atoms with Crippen LogP contribution in [0.2, 0.25) is 0 Å². The summed E-state index contributed by atoms with van der Waals surface area (Å²) in [4.78, 5) is 21.7. The SMILES string of the molecule is Cc1ccc(C(=O)C=Cc2ccc([N+](=O)[O-])cc2)o1. The largest absolute Gasteiger partial charge is 0.458 e. The second-order valence-corrected chi connectivity index (χ2v) is 3.96. The molecule has 2 aromatic rings. The number of allylic oxidation sites excluding steroid dienone is 1. The number of carbonyl (C=O) groups is 1. The molecule has 1 aromatic heterocycles. The van der Waals surface area contributed by atoms with Gasteiger partial charge < -0.3 is 4.42 Å². The Hall–Kier alpha value is -2.69. The Balaban J connectivity index is 2.10. The van der Waals surface area contributed by atoms with Crippen LogP contribution in [0.3, 0.4) is 0 Å². The normalized spacial score (nSPS) is 10.8. The predicted octanol–water partition coefficient (Wildman–Crippen LogP) is 3.39. The van der Waals surface area contributed by atoms with Gasteiger partial charge in [-0.1, -0.05) is 6.08 Å². The standard InChI is InChI=1S/C14H11NO4/c1-10-2-9-14(19-10)13(16)8-5-11-3-6-12(7-4-11)15(17)18/h2-9H,1H3. The summed E-state index contributed by atoms with van der Waals surface area (Å²) in [6.45, 7) is 1.76. The number of nitrogens with zero attached hydrogens (tertiary/aromatic N) is 1. The number of nitro benzene ring substituents is 1. The highest BCUT2D eigenvalue weighted by Crippen LogP contribution is 2.14. The average Bonchev–Trinajstić information content (AvgIpc) is 2.83. The minimum absolute atomic E-state index is 0.0186. The van der Waals surface area contributed by atoms with Gasteiger partial charge in [-0.05, 0) is 42.8 Å². The Morgan fingerprint density at radius 2 is 1.89 bits per heavy atom. The average molecular weight is 257 g/mol. The molecule has 0 aliphatic heterocycles. The molecule has 0 unspecified atom stereocenters. The number of rotatable bonds is 4. The highest BCUT2D eigenvalue weighted by atomic mass is 16.6. The predicted molar refractivity (Wildman–Crippen MR) is 69.9 cm³/mol. The number of ketones is 1. The lowest BCUT2D eigenvalue weighted by Gasteiger charge is -1.93. The second-order valence-electron chi connectivity index (χ2n) is 3.96. The Morgan fingerprint density at radius 3 is 2.42 bits per heavy atom. The van der Waals surface area contributed by atoms with Gasteiger partial charge in [0.05, 0.1) is 4.92 Å². The third kappa shape index (κ3) is 3.16. The second kappa shape index (κ2) is 5.30. The molecular weight excluding hydrogens is 246 g/mol. The summed E-state index contributed by atoms with van der Waals surface area (Å²) in [6.07, 6.45) is 2.96. The first-order valence-corrected chi connectivity index (χ1v) is 5.59. The summed E-state index contributed by atoms with van der Waals surface area (Å²) in [5.74, 6) is 0.703. The van der Waals surface area contributed by atoms with E-state index in [-0.39, 0.29) is 17.2 Å². The molecule has 19 heavy (non-hydrogen) atoms. The van der Waals surface area contributed by atoms with E-state index in [1.54, 1.807) is 37.3 Å². The maximum atomic E-state index is 11.7. The Bertz CT molecular complexity index is 638. The lowest BCUT2D eigenvalue weighted by atomic mass is 10.1. The van der Waals surface area contributed by atoms with E-state index in [4.69, 9.17) is 4.42 Å². The van der Waals surface area contributed by atoms with Gasteiger partial charge >= 0.3 is 0 Å². The van der Waals surface area contributed by atoms with Crippen molar-refractivity contribution >= 4 is 17.5 Å². The van der Waals surface area contributed by atoms with Gasteiger partial charge in [0, 0.05) is 12.1 Å². The first-order chi connectivity index (χ1) is 9.06. The van der Waals surface area contributed by atoms with E-state index in [0.717, 1.165) is 0 Å². The number of hydrogen-bond acceptors (Lipinski definition) is 4. The van der Waals surface area contributed by atoms with E-state index in [1.807, 2.05) is 0 Å². The number of nitro groups is 1. The molecule has 0 saturated carbocycles. The monoisotopic (exact) mass is 257 g/mol. The van der Waals surface area contributed by atoms with Crippen LogP contribution in [0, 0.1) is 17.0 Å². The van der Waals surface area contributed by atoms with E-state index in [9.17, 15) is 14.9 Å². The molecule has 2 rings (SSSR count). The number of furan rings is 1. The summed E-state index contributed by atoms with van der Waals surface area (Å²) in [5, 5.41) is 10.5. The van der Waals surface area contributed by atoms with E-state index < -0.39 is 4.92 Å². The Morgan fingerprint density at radius 1 is 1.21 bits per heavy atom. The highest BCUT2D eigenvalue weighted by Gasteiger charge is 2.06. The fraction of sp³-hybridized carbons (Fsp3) is 0.0714. The van der Waals surface area contributed by atoms with Crippen molar-refractivity contribution in [2.24, 2.45) is 0 Å². The van der Waals surface area contributed by atoms with Crippen molar-refractivity contribution in [2.75, 3.05) is 0 Å². The van der Waals surface area contributed by atoms with Crippen LogP contribution in [0.15, 0.2) is 46.9 Å². The van der Waals surface area contributed by atoms with E-state index in [2.05, 4.69) is 0 Å². The zero-order chi connectivity index (χ0) is 13.8. The van der Waals surface area contributed by atoms with E-state index >= 15 is 0 Å². The van der Waals surface area contributed by atoms with Gasteiger partial charge in [0.2, 0.25) is 5.78 Å². The molecule has 0 saturated heterocycles. The van der Waals surface area contributed by atoms with Gasteiger partial charge in [0.1, 0.15) is 5.76 Å². The molecule has 0 atom stereocenters. The van der Waals surface area contributed by atoms with Crippen molar-refractivity contribution in [3.8, 4) is 0 Å². The fourth-order valence-electron chi connectivity index (χ4n) is 1.53. The lowest BCUT2D eigenvalue weighted by molar-refractivity contribution is -0.384. The molecule has 0 radical (unpaired) electrons. The Labute approximate surface area is 109 Å². The van der Waals surface area contributed by atoms with Gasteiger partial charge in [0.25, 0.3) is 5.69 Å². The third-order valence-electron chi connectivity index (χ3n) is 2.51. The molecule has 0 aliphatic rings. The van der Waals surface area contributed by atoms with Gasteiger partial charge in [-0.2, -0.15) is 0 Å². The molecule has 0 amide bonds. The van der Waals surface area contributed by atoms with Crippen molar-refractivity contribution in [3.63, 3.8) is 0 Å². The number of aryl methyl sites for hydroxylation is 1. The maximum Gasteiger partial charge on any atom is 0.269 e. The fourth-order valence-corrected chi connectivity index (χ4v) is 1.53. The van der Waals surface area contributed by atoms with E-state index in [0.29, 0.717) is 11.3 Å². The summed E-state index contributed by atoms with van der Waals surface area (Å²) in [5.41, 5.74) is 0.729. The molecular formula is C14H11NO4. The Kier molecular flexibility index (Phi) is 3.56. The molecule has 5 nitrogen and oxygen atoms in total. The van der Waals surface area contributed by atoms with Crippen LogP contribution in [0.25, 0.3) is 6.08 Å². The maximum absolute atomic E-state index is 11.7. The van der Waals surface area contributed by atoms with Crippen LogP contribution in [-0.2, 0) is 0 Å². The number of non-ortho nitro benzene ring substituents is 1. The molecule has 0 aliphatic carbocycles. The smallest absolute Gasteiger partial charge is 0.269 e. The topological polar surface area (TPSA) is 73.3 Å². The van der Waals surface area contributed by atoms with Crippen molar-refractivity contribution < 1.29 is 14.1 Å². The molecule has 0 bridgehead atoms. The van der Waals surface area contributed by atoms with Crippen LogP contribution >= 0.6 is 0 Å². The molecule has 0 N–H and O–H groups in total. The zero-order valence-corrected chi connectivity index (χ0v) is 10.2. The molecule has 0 fully saturated rings.